The zero-order valence-corrected chi connectivity index (χ0v) is 9.61. The third-order valence-electron chi connectivity index (χ3n) is 2.08. The highest BCUT2D eigenvalue weighted by molar-refractivity contribution is 9.10. The van der Waals surface area contributed by atoms with E-state index in [1.54, 1.807) is 0 Å². The Kier molecular flexibility index (Phi) is 2.68. The lowest BCUT2D eigenvalue weighted by Gasteiger charge is -1.97. The predicted octanol–water partition coefficient (Wildman–Crippen LogP) is 3.23. The highest BCUT2D eigenvalue weighted by atomic mass is 79.9. The molecule has 0 fully saturated rings. The van der Waals surface area contributed by atoms with Gasteiger partial charge in [-0.25, -0.2) is 0 Å². The van der Waals surface area contributed by atoms with Gasteiger partial charge >= 0.3 is 0 Å². The first-order valence-electron chi connectivity index (χ1n) is 4.40. The molecule has 0 saturated carbocycles. The van der Waals surface area contributed by atoms with Crippen LogP contribution >= 0.6 is 15.9 Å². The summed E-state index contributed by atoms with van der Waals surface area (Å²) in [4.78, 5) is 10.8. The average Bonchev–Trinajstić information content (AvgIpc) is 2.59. The molecule has 0 aliphatic heterocycles. The van der Waals surface area contributed by atoms with E-state index in [2.05, 4.69) is 21.1 Å². The van der Waals surface area contributed by atoms with Crippen LogP contribution in [0, 0.1) is 6.92 Å². The standard InChI is InChI=1S/C11H8BrNO2/c1-7-3-2-4-8(5-7)10-9(6-14)11(12)13-15-10/h2-6H,1H3. The third-order valence-corrected chi connectivity index (χ3v) is 2.65. The Balaban J connectivity index is 2.58. The van der Waals surface area contributed by atoms with Crippen molar-refractivity contribution >= 4 is 22.2 Å². The van der Waals surface area contributed by atoms with Crippen molar-refractivity contribution in [1.29, 1.82) is 0 Å². The first-order valence-corrected chi connectivity index (χ1v) is 5.19. The summed E-state index contributed by atoms with van der Waals surface area (Å²) in [6.45, 7) is 1.98. The topological polar surface area (TPSA) is 43.1 Å². The van der Waals surface area contributed by atoms with Gasteiger partial charge in [0.2, 0.25) is 0 Å². The molecule has 1 heterocycles. The van der Waals surface area contributed by atoms with E-state index in [4.69, 9.17) is 4.52 Å². The number of carbonyl (C=O) groups excluding carboxylic acids is 1. The van der Waals surface area contributed by atoms with E-state index in [1.807, 2.05) is 31.2 Å². The van der Waals surface area contributed by atoms with Gasteiger partial charge in [-0.15, -0.1) is 0 Å². The Morgan fingerprint density at radius 1 is 1.47 bits per heavy atom. The zero-order chi connectivity index (χ0) is 10.8. The third kappa shape index (κ3) is 1.85. The summed E-state index contributed by atoms with van der Waals surface area (Å²) < 4.78 is 5.54. The summed E-state index contributed by atoms with van der Waals surface area (Å²) in [7, 11) is 0. The maximum Gasteiger partial charge on any atom is 0.178 e. The van der Waals surface area contributed by atoms with Gasteiger partial charge in [0, 0.05) is 5.56 Å². The van der Waals surface area contributed by atoms with E-state index in [0.717, 1.165) is 17.4 Å². The van der Waals surface area contributed by atoms with E-state index in [9.17, 15) is 4.79 Å². The van der Waals surface area contributed by atoms with Crippen molar-refractivity contribution in [3.63, 3.8) is 0 Å². The molecule has 0 aliphatic rings. The first kappa shape index (κ1) is 10.1. The summed E-state index contributed by atoms with van der Waals surface area (Å²) >= 11 is 3.16. The van der Waals surface area contributed by atoms with Crippen molar-refractivity contribution in [3.05, 3.63) is 40.0 Å². The minimum Gasteiger partial charge on any atom is -0.354 e. The molecule has 0 unspecified atom stereocenters. The van der Waals surface area contributed by atoms with Gasteiger partial charge in [-0.2, -0.15) is 0 Å². The molecule has 1 aromatic carbocycles. The first-order chi connectivity index (χ1) is 7.22. The fourth-order valence-electron chi connectivity index (χ4n) is 1.37. The smallest absolute Gasteiger partial charge is 0.178 e. The van der Waals surface area contributed by atoms with Gasteiger partial charge in [0.1, 0.15) is 0 Å². The van der Waals surface area contributed by atoms with Crippen molar-refractivity contribution in [3.8, 4) is 11.3 Å². The van der Waals surface area contributed by atoms with Crippen LogP contribution in [-0.4, -0.2) is 11.4 Å². The fourth-order valence-corrected chi connectivity index (χ4v) is 1.72. The summed E-state index contributed by atoms with van der Waals surface area (Å²) in [5.41, 5.74) is 2.41. The molecular formula is C11H8BrNO2. The number of hydrogen-bond donors (Lipinski definition) is 0. The largest absolute Gasteiger partial charge is 0.354 e. The van der Waals surface area contributed by atoms with Crippen LogP contribution in [-0.2, 0) is 0 Å². The maximum absolute atomic E-state index is 10.8. The monoisotopic (exact) mass is 265 g/mol. The van der Waals surface area contributed by atoms with Crippen LogP contribution in [0.1, 0.15) is 15.9 Å². The average molecular weight is 266 g/mol. The SMILES string of the molecule is Cc1cccc(-c2onc(Br)c2C=O)c1. The molecule has 76 valence electrons. The molecule has 0 bridgehead atoms. The molecule has 0 spiro atoms. The van der Waals surface area contributed by atoms with E-state index in [1.165, 1.54) is 0 Å². The van der Waals surface area contributed by atoms with Gasteiger partial charge in [0.05, 0.1) is 5.56 Å². The summed E-state index contributed by atoms with van der Waals surface area (Å²) in [5, 5.41) is 3.70. The number of hydrogen-bond acceptors (Lipinski definition) is 3. The minimum atomic E-state index is 0.439. The maximum atomic E-state index is 10.8. The second kappa shape index (κ2) is 3.98. The second-order valence-electron chi connectivity index (χ2n) is 3.20. The van der Waals surface area contributed by atoms with Gasteiger partial charge < -0.3 is 4.52 Å². The Hall–Kier alpha value is -1.42. The van der Waals surface area contributed by atoms with Gasteiger partial charge in [-0.3, -0.25) is 4.79 Å². The van der Waals surface area contributed by atoms with Crippen molar-refractivity contribution in [2.45, 2.75) is 6.92 Å². The number of nitrogens with zero attached hydrogens (tertiary/aromatic N) is 1. The summed E-state index contributed by atoms with van der Waals surface area (Å²) in [6.07, 6.45) is 0.734. The van der Waals surface area contributed by atoms with Crippen LogP contribution in [0.5, 0.6) is 0 Å². The molecule has 2 aromatic rings. The van der Waals surface area contributed by atoms with Gasteiger partial charge in [-0.05, 0) is 28.9 Å². The number of halogens is 1. The van der Waals surface area contributed by atoms with Gasteiger partial charge in [-0.1, -0.05) is 28.9 Å². The normalized spacial score (nSPS) is 10.3. The Morgan fingerprint density at radius 2 is 2.27 bits per heavy atom. The molecule has 0 aliphatic carbocycles. The second-order valence-corrected chi connectivity index (χ2v) is 3.95. The lowest BCUT2D eigenvalue weighted by atomic mass is 10.1. The molecule has 2 rings (SSSR count). The predicted molar refractivity (Wildman–Crippen MR) is 59.8 cm³/mol. The van der Waals surface area contributed by atoms with E-state index in [-0.39, 0.29) is 0 Å². The Labute approximate surface area is 95.2 Å². The molecule has 3 nitrogen and oxygen atoms in total. The van der Waals surface area contributed by atoms with E-state index in [0.29, 0.717) is 15.9 Å². The highest BCUT2D eigenvalue weighted by Crippen LogP contribution is 2.28. The number of benzene rings is 1. The quantitative estimate of drug-likeness (QED) is 0.784. The molecule has 0 amide bonds. The van der Waals surface area contributed by atoms with Crippen molar-refractivity contribution < 1.29 is 9.32 Å². The summed E-state index contributed by atoms with van der Waals surface area (Å²) in [5.74, 6) is 0.501. The van der Waals surface area contributed by atoms with E-state index < -0.39 is 0 Å². The van der Waals surface area contributed by atoms with Crippen LogP contribution < -0.4 is 0 Å². The molecule has 0 N–H and O–H groups in total. The number of aryl methyl sites for hydroxylation is 1. The van der Waals surface area contributed by atoms with E-state index >= 15 is 0 Å². The van der Waals surface area contributed by atoms with Crippen LogP contribution in [0.2, 0.25) is 0 Å². The molecule has 15 heavy (non-hydrogen) atoms. The molecular weight excluding hydrogens is 258 g/mol. The highest BCUT2D eigenvalue weighted by Gasteiger charge is 2.14. The Morgan fingerprint density at radius 3 is 2.93 bits per heavy atom. The Bertz CT molecular complexity index is 505. The van der Waals surface area contributed by atoms with Crippen LogP contribution in [0.15, 0.2) is 33.4 Å². The molecule has 4 heteroatoms. The summed E-state index contributed by atoms with van der Waals surface area (Å²) in [6, 6.07) is 7.72. The van der Waals surface area contributed by atoms with Gasteiger partial charge in [0.25, 0.3) is 0 Å². The molecule has 1 aromatic heterocycles. The lowest BCUT2D eigenvalue weighted by molar-refractivity contribution is 0.112. The molecule has 0 atom stereocenters. The number of carbonyl (C=O) groups is 1. The fraction of sp³-hybridized carbons (Fsp3) is 0.0909. The number of rotatable bonds is 2. The van der Waals surface area contributed by atoms with Crippen molar-refractivity contribution in [2.24, 2.45) is 0 Å². The van der Waals surface area contributed by atoms with Crippen molar-refractivity contribution in [2.75, 3.05) is 0 Å². The van der Waals surface area contributed by atoms with Gasteiger partial charge in [0.15, 0.2) is 16.6 Å². The zero-order valence-electron chi connectivity index (χ0n) is 8.03. The molecule has 0 radical (unpaired) electrons. The van der Waals surface area contributed by atoms with Crippen LogP contribution in [0.4, 0.5) is 0 Å². The number of aromatic nitrogens is 1. The minimum absolute atomic E-state index is 0.439. The van der Waals surface area contributed by atoms with Crippen molar-refractivity contribution in [1.82, 2.24) is 5.16 Å². The lowest BCUT2D eigenvalue weighted by Crippen LogP contribution is -1.83. The molecule has 0 saturated heterocycles. The van der Waals surface area contributed by atoms with Crippen LogP contribution in [0.25, 0.3) is 11.3 Å². The number of aldehydes is 1. The van der Waals surface area contributed by atoms with Crippen LogP contribution in [0.3, 0.4) is 0 Å².